The largest absolute Gasteiger partial charge is 0.493 e. The summed E-state index contributed by atoms with van der Waals surface area (Å²) >= 11 is 6.82. The number of fused-ring (bicyclic) bond motifs is 1. The molecule has 5 N–H and O–H groups in total. The lowest BCUT2D eigenvalue weighted by molar-refractivity contribution is -0.193. The maximum atomic E-state index is 12.4. The van der Waals surface area contributed by atoms with Gasteiger partial charge in [0.25, 0.3) is 5.91 Å². The molecule has 1 aromatic carbocycles. The molecule has 4 heterocycles. The van der Waals surface area contributed by atoms with Gasteiger partial charge >= 0.3 is 36.4 Å². The van der Waals surface area contributed by atoms with Gasteiger partial charge in [-0.3, -0.25) is 14.8 Å². The van der Waals surface area contributed by atoms with Crippen molar-refractivity contribution in [2.75, 3.05) is 26.4 Å². The number of benzene rings is 1. The van der Waals surface area contributed by atoms with Gasteiger partial charge in [-0.2, -0.15) is 49.9 Å². The van der Waals surface area contributed by atoms with Crippen LogP contribution in [-0.4, -0.2) is 113 Å². The van der Waals surface area contributed by atoms with Crippen LogP contribution in [0.5, 0.6) is 5.75 Å². The molecule has 4 aromatic heterocycles. The van der Waals surface area contributed by atoms with Crippen molar-refractivity contribution in [2.45, 2.75) is 45.3 Å². The molecule has 338 valence electrons. The highest BCUT2D eigenvalue weighted by molar-refractivity contribution is 6.32. The number of nitrogens with zero attached hydrogens (tertiary/aromatic N) is 8. The molecular weight excluding hydrogens is 893 g/mol. The molecule has 0 bridgehead atoms. The van der Waals surface area contributed by atoms with E-state index in [9.17, 15) is 49.6 Å². The van der Waals surface area contributed by atoms with Crippen molar-refractivity contribution in [1.82, 2.24) is 34.6 Å². The molecule has 0 aliphatic rings. The zero-order valence-electron chi connectivity index (χ0n) is 32.7. The van der Waals surface area contributed by atoms with E-state index in [2.05, 4.69) is 26.0 Å². The smallest absolute Gasteiger partial charge is 0.490 e. The Morgan fingerprint density at radius 1 is 0.889 bits per heavy atom. The predicted octanol–water partition coefficient (Wildman–Crippen LogP) is 6.98. The topological polar surface area (TPSA) is 261 Å². The van der Waals surface area contributed by atoms with Gasteiger partial charge in [0.2, 0.25) is 0 Å². The summed E-state index contributed by atoms with van der Waals surface area (Å²) in [6.07, 6.45) is -9.12. The van der Waals surface area contributed by atoms with Crippen LogP contribution in [0.25, 0.3) is 33.4 Å². The second kappa shape index (κ2) is 21.0. The predicted molar refractivity (Wildman–Crippen MR) is 201 cm³/mol. The number of halogens is 10. The first kappa shape index (κ1) is 51.8. The average Bonchev–Trinajstić information content (AvgIpc) is 3.59. The Labute approximate surface area is 353 Å². The van der Waals surface area contributed by atoms with Crippen LogP contribution in [0.1, 0.15) is 47.1 Å². The number of pyridine rings is 2. The number of amides is 1. The first-order valence-corrected chi connectivity index (χ1v) is 17.2. The van der Waals surface area contributed by atoms with Gasteiger partial charge in [0, 0.05) is 60.0 Å². The zero-order valence-corrected chi connectivity index (χ0v) is 33.5. The van der Waals surface area contributed by atoms with E-state index < -0.39 is 42.5 Å². The first-order chi connectivity index (χ1) is 29.0. The van der Waals surface area contributed by atoms with Gasteiger partial charge < -0.3 is 30.7 Å². The van der Waals surface area contributed by atoms with Crippen LogP contribution in [-0.2, 0) is 14.4 Å². The normalized spacial score (nSPS) is 11.6. The number of aromatic nitrogens is 6. The Kier molecular flexibility index (Phi) is 17.3. The summed E-state index contributed by atoms with van der Waals surface area (Å²) in [5, 5.41) is 36.8. The number of carboxylic acids is 3. The molecule has 27 heteroatoms. The lowest BCUT2D eigenvalue weighted by Crippen LogP contribution is -2.22. The van der Waals surface area contributed by atoms with Crippen molar-refractivity contribution in [2.24, 2.45) is 0 Å². The van der Waals surface area contributed by atoms with Crippen LogP contribution < -0.4 is 10.5 Å². The Bertz CT molecular complexity index is 2450. The van der Waals surface area contributed by atoms with Gasteiger partial charge in [-0.05, 0) is 44.5 Å². The van der Waals surface area contributed by atoms with Crippen molar-refractivity contribution in [3.05, 3.63) is 76.6 Å². The van der Waals surface area contributed by atoms with Crippen molar-refractivity contribution in [3.8, 4) is 34.2 Å². The molecule has 0 spiro atoms. The monoisotopic (exact) mass is 923 g/mol. The standard InChI is InChI=1S/C30H28ClN9O2.3C2HF3O2/c1-6-42-27-21(10-22(31)16(2)24(27)19-7-8-23(35-14-19)30(41)39(4)5)17(3)40-29-25(28(33)36-15-37-29)26(38-40)20-9-18(11-32)12-34-13-20;3*3-2(4,5)1(6)7/h7-10,12-15,17H,6H2,1-5H3,(H2,33,36,37);3*(H,6,7). The van der Waals surface area contributed by atoms with E-state index in [0.717, 1.165) is 22.3 Å². The second-order valence-electron chi connectivity index (χ2n) is 12.3. The summed E-state index contributed by atoms with van der Waals surface area (Å²) < 4.78 is 103. The van der Waals surface area contributed by atoms with E-state index >= 15 is 0 Å². The SMILES string of the molecule is CCOc1c(C(C)n2nc(-c3cncc(C#N)c3)c3c(N)ncnc32)cc(Cl)c(C)c1-c1ccc(C(=O)N(C)C)nc1.O=C(O)C(F)(F)F.O=C(O)C(F)(F)F.O=C(O)C(F)(F)F. The number of nitriles is 1. The third-order valence-corrected chi connectivity index (χ3v) is 8.07. The summed E-state index contributed by atoms with van der Waals surface area (Å²) in [4.78, 5) is 57.9. The highest BCUT2D eigenvalue weighted by Gasteiger charge is 2.39. The van der Waals surface area contributed by atoms with Gasteiger partial charge in [0.05, 0.1) is 23.6 Å². The molecule has 5 aromatic rings. The molecular formula is C36H31ClF9N9O8. The van der Waals surface area contributed by atoms with Gasteiger partial charge in [0.15, 0.2) is 5.65 Å². The van der Waals surface area contributed by atoms with Crippen molar-refractivity contribution in [1.29, 1.82) is 5.26 Å². The fourth-order valence-corrected chi connectivity index (χ4v) is 5.04. The van der Waals surface area contributed by atoms with E-state index in [4.69, 9.17) is 56.9 Å². The van der Waals surface area contributed by atoms with E-state index in [1.165, 1.54) is 17.4 Å². The minimum atomic E-state index is -5.08. The Morgan fingerprint density at radius 2 is 1.43 bits per heavy atom. The molecule has 0 saturated heterocycles. The third-order valence-electron chi connectivity index (χ3n) is 7.67. The molecule has 17 nitrogen and oxygen atoms in total. The number of hydrogen-bond donors (Lipinski definition) is 4. The lowest BCUT2D eigenvalue weighted by atomic mass is 9.94. The molecule has 5 rings (SSSR count). The van der Waals surface area contributed by atoms with Crippen LogP contribution in [0.3, 0.4) is 0 Å². The zero-order chi connectivity index (χ0) is 48.4. The van der Waals surface area contributed by atoms with E-state index in [-0.39, 0.29) is 11.7 Å². The van der Waals surface area contributed by atoms with Crippen LogP contribution in [0, 0.1) is 18.3 Å². The van der Waals surface area contributed by atoms with E-state index in [1.54, 1.807) is 43.3 Å². The summed E-state index contributed by atoms with van der Waals surface area (Å²) in [5.74, 6) is -7.60. The number of carboxylic acid groups (broad SMARTS) is 3. The summed E-state index contributed by atoms with van der Waals surface area (Å²) in [6, 6.07) is 8.76. The second-order valence-corrected chi connectivity index (χ2v) is 12.7. The number of ether oxygens (including phenoxy) is 1. The molecule has 0 radical (unpaired) electrons. The number of rotatable bonds is 7. The molecule has 0 aliphatic carbocycles. The van der Waals surface area contributed by atoms with Crippen molar-refractivity contribution >= 4 is 52.3 Å². The molecule has 1 atom stereocenters. The van der Waals surface area contributed by atoms with Gasteiger partial charge in [-0.25, -0.2) is 29.0 Å². The van der Waals surface area contributed by atoms with Crippen LogP contribution >= 0.6 is 11.6 Å². The maximum absolute atomic E-state index is 12.4. The van der Waals surface area contributed by atoms with Crippen molar-refractivity contribution < 1.29 is 78.7 Å². The fourth-order valence-electron chi connectivity index (χ4n) is 4.83. The number of hydrogen-bond acceptors (Lipinski definition) is 12. The number of nitrogen functional groups attached to an aromatic ring is 1. The summed E-state index contributed by atoms with van der Waals surface area (Å²) in [7, 11) is 3.36. The minimum absolute atomic E-state index is 0.193. The molecule has 63 heavy (non-hydrogen) atoms. The van der Waals surface area contributed by atoms with E-state index in [1.807, 2.05) is 32.9 Å². The highest BCUT2D eigenvalue weighted by Crippen LogP contribution is 2.44. The van der Waals surface area contributed by atoms with Gasteiger partial charge in [0.1, 0.15) is 35.4 Å². The molecule has 1 amide bonds. The summed E-state index contributed by atoms with van der Waals surface area (Å²) in [6.45, 7) is 6.18. The molecule has 1 unspecified atom stereocenters. The minimum Gasteiger partial charge on any atom is -0.493 e. The Balaban J connectivity index is 0.000000536. The summed E-state index contributed by atoms with van der Waals surface area (Å²) in [5.41, 5.74) is 11.7. The number of alkyl halides is 9. The van der Waals surface area contributed by atoms with Crippen LogP contribution in [0.15, 0.2) is 49.2 Å². The fraction of sp³-hybridized carbons (Fsp3) is 0.278. The third kappa shape index (κ3) is 13.6. The lowest BCUT2D eigenvalue weighted by Gasteiger charge is -2.23. The Hall–Kier alpha value is -7.30. The number of carbonyl (C=O) groups excluding carboxylic acids is 1. The number of anilines is 1. The van der Waals surface area contributed by atoms with E-state index in [0.29, 0.717) is 50.9 Å². The molecule has 0 aliphatic heterocycles. The Morgan fingerprint density at radius 3 is 1.87 bits per heavy atom. The van der Waals surface area contributed by atoms with Crippen LogP contribution in [0.4, 0.5) is 45.3 Å². The van der Waals surface area contributed by atoms with Gasteiger partial charge in [-0.15, -0.1) is 0 Å². The van der Waals surface area contributed by atoms with Crippen molar-refractivity contribution in [3.63, 3.8) is 0 Å². The molecule has 0 saturated carbocycles. The molecule has 0 fully saturated rings. The number of nitrogens with two attached hydrogens (primary N) is 1. The first-order valence-electron chi connectivity index (χ1n) is 16.9. The highest BCUT2D eigenvalue weighted by atomic mass is 35.5. The van der Waals surface area contributed by atoms with Gasteiger partial charge in [-0.1, -0.05) is 17.7 Å². The number of carbonyl (C=O) groups is 4. The maximum Gasteiger partial charge on any atom is 0.490 e. The average molecular weight is 924 g/mol. The quantitative estimate of drug-likeness (QED) is 0.120. The van der Waals surface area contributed by atoms with Crippen LogP contribution in [0.2, 0.25) is 5.02 Å². The number of aliphatic carboxylic acids is 3.